The van der Waals surface area contributed by atoms with Crippen molar-refractivity contribution in [1.29, 1.82) is 0 Å². The third-order valence-corrected chi connectivity index (χ3v) is 3.39. The Morgan fingerprint density at radius 3 is 2.57 bits per heavy atom. The van der Waals surface area contributed by atoms with Crippen molar-refractivity contribution in [1.82, 2.24) is 5.32 Å². The summed E-state index contributed by atoms with van der Waals surface area (Å²) in [6.45, 7) is 0.154. The number of nitro benzene ring substituents is 1. The zero-order valence-electron chi connectivity index (χ0n) is 10.7. The van der Waals surface area contributed by atoms with E-state index in [-0.39, 0.29) is 17.8 Å². The van der Waals surface area contributed by atoms with Crippen molar-refractivity contribution in [2.24, 2.45) is 0 Å². The van der Waals surface area contributed by atoms with Crippen LogP contribution in [0.1, 0.15) is 15.9 Å². The van der Waals surface area contributed by atoms with Crippen LogP contribution in [-0.4, -0.2) is 10.8 Å². The van der Waals surface area contributed by atoms with E-state index in [1.54, 1.807) is 24.3 Å². The second-order valence-corrected chi connectivity index (χ2v) is 5.04. The highest BCUT2D eigenvalue weighted by atomic mass is 35.5. The molecule has 0 aliphatic heterocycles. The molecule has 0 spiro atoms. The van der Waals surface area contributed by atoms with Gasteiger partial charge in [0.05, 0.1) is 4.92 Å². The molecule has 1 amide bonds. The number of hydrogen-bond donors (Lipinski definition) is 1. The van der Waals surface area contributed by atoms with Crippen molar-refractivity contribution in [3.05, 3.63) is 73.8 Å². The molecule has 2 aromatic carbocycles. The number of nitrogens with zero attached hydrogens (tertiary/aromatic N) is 1. The summed E-state index contributed by atoms with van der Waals surface area (Å²) in [6, 6.07) is 10.7. The van der Waals surface area contributed by atoms with Gasteiger partial charge in [-0.05, 0) is 23.8 Å². The van der Waals surface area contributed by atoms with Crippen LogP contribution in [-0.2, 0) is 6.54 Å². The molecule has 0 unspecified atom stereocenters. The normalized spacial score (nSPS) is 10.2. The van der Waals surface area contributed by atoms with E-state index in [2.05, 4.69) is 5.32 Å². The fourth-order valence-corrected chi connectivity index (χ4v) is 2.24. The summed E-state index contributed by atoms with van der Waals surface area (Å²) in [4.78, 5) is 22.3. The maximum Gasteiger partial charge on any atom is 0.282 e. The molecule has 0 saturated heterocycles. The SMILES string of the molecule is O=C(NCc1ccc(Cl)cc1Cl)c1ccccc1[N+](=O)[O-]. The topological polar surface area (TPSA) is 72.2 Å². The summed E-state index contributed by atoms with van der Waals surface area (Å²) in [6.07, 6.45) is 0. The van der Waals surface area contributed by atoms with Crippen molar-refractivity contribution >= 4 is 34.8 Å². The number of para-hydroxylation sites is 1. The summed E-state index contributed by atoms with van der Waals surface area (Å²) in [7, 11) is 0. The van der Waals surface area contributed by atoms with Gasteiger partial charge < -0.3 is 5.32 Å². The molecule has 0 aromatic heterocycles. The average molecular weight is 325 g/mol. The maximum atomic E-state index is 12.0. The lowest BCUT2D eigenvalue weighted by molar-refractivity contribution is -0.385. The molecule has 2 aromatic rings. The molecule has 21 heavy (non-hydrogen) atoms. The summed E-state index contributed by atoms with van der Waals surface area (Å²) >= 11 is 11.8. The number of amides is 1. The quantitative estimate of drug-likeness (QED) is 0.686. The average Bonchev–Trinajstić information content (AvgIpc) is 2.46. The van der Waals surface area contributed by atoms with Crippen LogP contribution in [0.3, 0.4) is 0 Å². The molecule has 0 aliphatic carbocycles. The first-order valence-electron chi connectivity index (χ1n) is 5.94. The highest BCUT2D eigenvalue weighted by Crippen LogP contribution is 2.21. The van der Waals surface area contributed by atoms with Gasteiger partial charge in [0.1, 0.15) is 5.56 Å². The second-order valence-electron chi connectivity index (χ2n) is 4.19. The van der Waals surface area contributed by atoms with Crippen LogP contribution in [0.15, 0.2) is 42.5 Å². The Labute approximate surface area is 130 Å². The molecule has 2 rings (SSSR count). The predicted molar refractivity (Wildman–Crippen MR) is 80.7 cm³/mol. The van der Waals surface area contributed by atoms with Gasteiger partial charge in [-0.15, -0.1) is 0 Å². The van der Waals surface area contributed by atoms with Gasteiger partial charge >= 0.3 is 0 Å². The number of benzene rings is 2. The van der Waals surface area contributed by atoms with Crippen molar-refractivity contribution in [2.75, 3.05) is 0 Å². The molecule has 0 bridgehead atoms. The molecule has 0 aliphatic rings. The molecule has 0 saturated carbocycles. The van der Waals surface area contributed by atoms with Crippen molar-refractivity contribution in [3.8, 4) is 0 Å². The molecule has 0 radical (unpaired) electrons. The van der Waals surface area contributed by atoms with Gasteiger partial charge in [0.15, 0.2) is 0 Å². The van der Waals surface area contributed by atoms with Crippen LogP contribution in [0.5, 0.6) is 0 Å². The first-order valence-corrected chi connectivity index (χ1v) is 6.70. The minimum Gasteiger partial charge on any atom is -0.348 e. The van der Waals surface area contributed by atoms with Crippen LogP contribution in [0.4, 0.5) is 5.69 Å². The highest BCUT2D eigenvalue weighted by Gasteiger charge is 2.18. The van der Waals surface area contributed by atoms with Gasteiger partial charge in [-0.1, -0.05) is 41.4 Å². The summed E-state index contributed by atoms with van der Waals surface area (Å²) in [5, 5.41) is 14.4. The predicted octanol–water partition coefficient (Wildman–Crippen LogP) is 3.83. The first kappa shape index (κ1) is 15.3. The molecular formula is C14H10Cl2N2O3. The van der Waals surface area contributed by atoms with Crippen LogP contribution < -0.4 is 5.32 Å². The zero-order valence-corrected chi connectivity index (χ0v) is 12.2. The Kier molecular flexibility index (Phi) is 4.77. The van der Waals surface area contributed by atoms with Crippen LogP contribution in [0.25, 0.3) is 0 Å². The first-order chi connectivity index (χ1) is 9.99. The van der Waals surface area contributed by atoms with E-state index in [9.17, 15) is 14.9 Å². The molecule has 0 fully saturated rings. The van der Waals surface area contributed by atoms with Gasteiger partial charge in [-0.25, -0.2) is 0 Å². The summed E-state index contributed by atoms with van der Waals surface area (Å²) in [5.74, 6) is -0.534. The Hall–Kier alpha value is -2.11. The number of rotatable bonds is 4. The zero-order chi connectivity index (χ0) is 15.4. The third kappa shape index (κ3) is 3.71. The number of halogens is 2. The molecule has 108 valence electrons. The van der Waals surface area contributed by atoms with Crippen molar-refractivity contribution in [2.45, 2.75) is 6.54 Å². The van der Waals surface area contributed by atoms with E-state index in [0.29, 0.717) is 15.6 Å². The van der Waals surface area contributed by atoms with Gasteiger partial charge in [0, 0.05) is 22.7 Å². The van der Waals surface area contributed by atoms with Crippen molar-refractivity contribution < 1.29 is 9.72 Å². The number of hydrogen-bond acceptors (Lipinski definition) is 3. The van der Waals surface area contributed by atoms with E-state index >= 15 is 0 Å². The van der Waals surface area contributed by atoms with Crippen molar-refractivity contribution in [3.63, 3.8) is 0 Å². The Morgan fingerprint density at radius 1 is 1.19 bits per heavy atom. The Morgan fingerprint density at radius 2 is 1.90 bits per heavy atom. The lowest BCUT2D eigenvalue weighted by Crippen LogP contribution is -2.23. The lowest BCUT2D eigenvalue weighted by Gasteiger charge is -2.07. The standard InChI is InChI=1S/C14H10Cl2N2O3/c15-10-6-5-9(12(16)7-10)8-17-14(19)11-3-1-2-4-13(11)18(20)21/h1-7H,8H2,(H,17,19). The minimum atomic E-state index is -0.593. The van der Waals surface area contributed by atoms with Gasteiger partial charge in [0.2, 0.25) is 0 Å². The molecule has 0 heterocycles. The van der Waals surface area contributed by atoms with E-state index in [1.807, 2.05) is 0 Å². The van der Waals surface area contributed by atoms with Crippen LogP contribution >= 0.6 is 23.2 Å². The highest BCUT2D eigenvalue weighted by molar-refractivity contribution is 6.35. The van der Waals surface area contributed by atoms with Gasteiger partial charge in [0.25, 0.3) is 11.6 Å². The van der Waals surface area contributed by atoms with E-state index < -0.39 is 10.8 Å². The van der Waals surface area contributed by atoms with E-state index in [1.165, 1.54) is 18.2 Å². The lowest BCUT2D eigenvalue weighted by atomic mass is 10.1. The van der Waals surface area contributed by atoms with Gasteiger partial charge in [-0.2, -0.15) is 0 Å². The third-order valence-electron chi connectivity index (χ3n) is 2.80. The summed E-state index contributed by atoms with van der Waals surface area (Å²) < 4.78 is 0. The fourth-order valence-electron chi connectivity index (χ4n) is 1.76. The number of carbonyl (C=O) groups is 1. The fraction of sp³-hybridized carbons (Fsp3) is 0.0714. The number of nitro groups is 1. The molecule has 7 heteroatoms. The van der Waals surface area contributed by atoms with Crippen LogP contribution in [0, 0.1) is 10.1 Å². The molecule has 0 atom stereocenters. The minimum absolute atomic E-state index is 0.00702. The maximum absolute atomic E-state index is 12.0. The molecule has 1 N–H and O–H groups in total. The molecular weight excluding hydrogens is 315 g/mol. The number of carbonyl (C=O) groups excluding carboxylic acids is 1. The smallest absolute Gasteiger partial charge is 0.282 e. The largest absolute Gasteiger partial charge is 0.348 e. The monoisotopic (exact) mass is 324 g/mol. The second kappa shape index (κ2) is 6.56. The summed E-state index contributed by atoms with van der Waals surface area (Å²) in [5.41, 5.74) is 0.442. The number of nitrogens with one attached hydrogen (secondary N) is 1. The molecule has 5 nitrogen and oxygen atoms in total. The van der Waals surface area contributed by atoms with Crippen LogP contribution in [0.2, 0.25) is 10.0 Å². The van der Waals surface area contributed by atoms with E-state index in [0.717, 1.165) is 0 Å². The Balaban J connectivity index is 2.14. The Bertz CT molecular complexity index is 704. The van der Waals surface area contributed by atoms with E-state index in [4.69, 9.17) is 23.2 Å². The van der Waals surface area contributed by atoms with Gasteiger partial charge in [-0.3, -0.25) is 14.9 Å².